The lowest BCUT2D eigenvalue weighted by Gasteiger charge is -2.14. The zero-order valence-electron chi connectivity index (χ0n) is 14.5. The summed E-state index contributed by atoms with van der Waals surface area (Å²) in [5, 5.41) is 5.46. The molecule has 5 heteroatoms. The SMILES string of the molecule is C[C@@H](Cc1c[nH]c2ccccc12)NC(=O)Cn1ccc2ccc(Br)cc21. The fraction of sp³-hybridized carbons (Fsp3) is 0.190. The minimum atomic E-state index is 0.0230. The van der Waals surface area contributed by atoms with Crippen molar-refractivity contribution < 1.29 is 4.79 Å². The first-order chi connectivity index (χ1) is 12.6. The summed E-state index contributed by atoms with van der Waals surface area (Å²) >= 11 is 3.49. The van der Waals surface area contributed by atoms with E-state index >= 15 is 0 Å². The maximum Gasteiger partial charge on any atom is 0.240 e. The van der Waals surface area contributed by atoms with Gasteiger partial charge in [0.25, 0.3) is 0 Å². The molecule has 1 atom stereocenters. The van der Waals surface area contributed by atoms with Crippen LogP contribution in [0.3, 0.4) is 0 Å². The van der Waals surface area contributed by atoms with Crippen LogP contribution in [-0.4, -0.2) is 21.5 Å². The number of rotatable bonds is 5. The maximum absolute atomic E-state index is 12.5. The van der Waals surface area contributed by atoms with Crippen molar-refractivity contribution in [2.24, 2.45) is 0 Å². The molecule has 0 saturated heterocycles. The highest BCUT2D eigenvalue weighted by molar-refractivity contribution is 9.10. The fourth-order valence-electron chi connectivity index (χ4n) is 3.45. The topological polar surface area (TPSA) is 49.8 Å². The molecule has 0 unspecified atom stereocenters. The largest absolute Gasteiger partial charge is 0.361 e. The van der Waals surface area contributed by atoms with Gasteiger partial charge in [-0.2, -0.15) is 0 Å². The van der Waals surface area contributed by atoms with Crippen molar-refractivity contribution in [2.75, 3.05) is 0 Å². The zero-order valence-corrected chi connectivity index (χ0v) is 16.1. The van der Waals surface area contributed by atoms with Gasteiger partial charge in [0.2, 0.25) is 5.91 Å². The van der Waals surface area contributed by atoms with E-state index in [0.29, 0.717) is 6.54 Å². The minimum absolute atomic E-state index is 0.0230. The zero-order chi connectivity index (χ0) is 18.1. The van der Waals surface area contributed by atoms with Crippen molar-refractivity contribution in [3.63, 3.8) is 0 Å². The second-order valence-corrected chi connectivity index (χ2v) is 7.59. The van der Waals surface area contributed by atoms with E-state index < -0.39 is 0 Å². The molecule has 0 saturated carbocycles. The van der Waals surface area contributed by atoms with Crippen molar-refractivity contribution in [3.05, 3.63) is 71.0 Å². The van der Waals surface area contributed by atoms with Crippen molar-refractivity contribution in [3.8, 4) is 0 Å². The summed E-state index contributed by atoms with van der Waals surface area (Å²) in [6.45, 7) is 2.36. The van der Waals surface area contributed by atoms with Crippen molar-refractivity contribution >= 4 is 43.6 Å². The van der Waals surface area contributed by atoms with Crippen LogP contribution in [0.4, 0.5) is 0 Å². The Morgan fingerprint density at radius 2 is 2.08 bits per heavy atom. The highest BCUT2D eigenvalue weighted by Gasteiger charge is 2.12. The summed E-state index contributed by atoms with van der Waals surface area (Å²) in [6.07, 6.45) is 4.79. The predicted molar refractivity (Wildman–Crippen MR) is 109 cm³/mol. The normalized spacial score (nSPS) is 12.5. The van der Waals surface area contributed by atoms with Gasteiger partial charge in [0.1, 0.15) is 6.54 Å². The number of fused-ring (bicyclic) bond motifs is 2. The molecule has 0 aliphatic heterocycles. The number of aromatic nitrogens is 2. The third-order valence-electron chi connectivity index (χ3n) is 4.66. The molecule has 0 aliphatic carbocycles. The molecule has 0 radical (unpaired) electrons. The van der Waals surface area contributed by atoms with E-state index in [4.69, 9.17) is 0 Å². The van der Waals surface area contributed by atoms with Gasteiger partial charge >= 0.3 is 0 Å². The number of nitrogens with one attached hydrogen (secondary N) is 2. The Morgan fingerprint density at radius 3 is 2.96 bits per heavy atom. The van der Waals surface area contributed by atoms with E-state index in [1.165, 1.54) is 10.9 Å². The van der Waals surface area contributed by atoms with E-state index in [1.54, 1.807) is 0 Å². The molecule has 0 aliphatic rings. The molecule has 0 fully saturated rings. The van der Waals surface area contributed by atoms with Crippen LogP contribution in [0.2, 0.25) is 0 Å². The number of amides is 1. The van der Waals surface area contributed by atoms with Crippen LogP contribution in [0.5, 0.6) is 0 Å². The van der Waals surface area contributed by atoms with Gasteiger partial charge in [0.15, 0.2) is 0 Å². The van der Waals surface area contributed by atoms with Crippen LogP contribution >= 0.6 is 15.9 Å². The fourth-order valence-corrected chi connectivity index (χ4v) is 3.80. The molecule has 2 heterocycles. The molecule has 0 bridgehead atoms. The van der Waals surface area contributed by atoms with Gasteiger partial charge in [-0.05, 0) is 48.6 Å². The second kappa shape index (κ2) is 7.00. The lowest BCUT2D eigenvalue weighted by molar-refractivity contribution is -0.122. The highest BCUT2D eigenvalue weighted by Crippen LogP contribution is 2.21. The van der Waals surface area contributed by atoms with E-state index in [9.17, 15) is 4.79 Å². The standard InChI is InChI=1S/C21H20BrN3O/c1-14(10-16-12-23-19-5-3-2-4-18(16)19)24-21(26)13-25-9-8-15-6-7-17(22)11-20(15)25/h2-9,11-12,14,23H,10,13H2,1H3,(H,24,26)/t14-/m0/s1. The third kappa shape index (κ3) is 3.40. The van der Waals surface area contributed by atoms with E-state index in [0.717, 1.165) is 27.3 Å². The monoisotopic (exact) mass is 409 g/mol. The average molecular weight is 410 g/mol. The second-order valence-electron chi connectivity index (χ2n) is 6.68. The Labute approximate surface area is 160 Å². The lowest BCUT2D eigenvalue weighted by atomic mass is 10.1. The quantitative estimate of drug-likeness (QED) is 0.495. The molecule has 4 rings (SSSR count). The van der Waals surface area contributed by atoms with Gasteiger partial charge in [-0.25, -0.2) is 0 Å². The molecule has 132 valence electrons. The van der Waals surface area contributed by atoms with Crippen LogP contribution < -0.4 is 5.32 Å². The van der Waals surface area contributed by atoms with Crippen molar-refractivity contribution in [2.45, 2.75) is 25.9 Å². The molecular formula is C21H20BrN3O. The molecule has 26 heavy (non-hydrogen) atoms. The summed E-state index contributed by atoms with van der Waals surface area (Å²) < 4.78 is 2.99. The molecule has 2 aromatic carbocycles. The number of aromatic amines is 1. The number of halogens is 1. The summed E-state index contributed by atoms with van der Waals surface area (Å²) in [4.78, 5) is 15.8. The Balaban J connectivity index is 1.43. The number of carbonyl (C=O) groups is 1. The maximum atomic E-state index is 12.5. The number of benzene rings is 2. The van der Waals surface area contributed by atoms with Gasteiger partial charge in [0.05, 0.1) is 0 Å². The minimum Gasteiger partial charge on any atom is -0.361 e. The van der Waals surface area contributed by atoms with E-state index in [-0.39, 0.29) is 11.9 Å². The van der Waals surface area contributed by atoms with E-state index in [1.807, 2.05) is 60.3 Å². The van der Waals surface area contributed by atoms with Crippen LogP contribution in [0.25, 0.3) is 21.8 Å². The Hall–Kier alpha value is -2.53. The van der Waals surface area contributed by atoms with Crippen LogP contribution in [-0.2, 0) is 17.8 Å². The average Bonchev–Trinajstić information content (AvgIpc) is 3.19. The Morgan fingerprint density at radius 1 is 1.23 bits per heavy atom. The number of hydrogen-bond acceptors (Lipinski definition) is 1. The summed E-state index contributed by atoms with van der Waals surface area (Å²) in [7, 11) is 0. The molecular weight excluding hydrogens is 390 g/mol. The smallest absolute Gasteiger partial charge is 0.240 e. The molecule has 1 amide bonds. The summed E-state index contributed by atoms with van der Waals surface area (Å²) in [5.74, 6) is 0.0230. The lowest BCUT2D eigenvalue weighted by Crippen LogP contribution is -2.36. The molecule has 2 aromatic heterocycles. The number of nitrogens with zero attached hydrogens (tertiary/aromatic N) is 1. The van der Waals surface area contributed by atoms with Crippen molar-refractivity contribution in [1.82, 2.24) is 14.9 Å². The number of H-pyrrole nitrogens is 1. The third-order valence-corrected chi connectivity index (χ3v) is 5.15. The molecule has 4 nitrogen and oxygen atoms in total. The van der Waals surface area contributed by atoms with Gasteiger partial charge < -0.3 is 14.9 Å². The Bertz CT molecular complexity index is 1080. The number of hydrogen-bond donors (Lipinski definition) is 2. The van der Waals surface area contributed by atoms with Crippen LogP contribution in [0.15, 0.2) is 65.4 Å². The van der Waals surface area contributed by atoms with Gasteiger partial charge in [0, 0.05) is 39.3 Å². The number of carbonyl (C=O) groups excluding carboxylic acids is 1. The molecule has 2 N–H and O–H groups in total. The van der Waals surface area contributed by atoms with Gasteiger partial charge in [-0.15, -0.1) is 0 Å². The van der Waals surface area contributed by atoms with Crippen LogP contribution in [0, 0.1) is 0 Å². The molecule has 0 spiro atoms. The first kappa shape index (κ1) is 16.9. The van der Waals surface area contributed by atoms with Gasteiger partial charge in [-0.3, -0.25) is 4.79 Å². The Kier molecular flexibility index (Phi) is 4.55. The molecule has 4 aromatic rings. The predicted octanol–water partition coefficient (Wildman–Crippen LogP) is 4.63. The summed E-state index contributed by atoms with van der Waals surface area (Å²) in [6, 6.07) is 16.4. The van der Waals surface area contributed by atoms with Crippen molar-refractivity contribution in [1.29, 1.82) is 0 Å². The number of para-hydroxylation sites is 1. The first-order valence-corrected chi connectivity index (χ1v) is 9.48. The highest BCUT2D eigenvalue weighted by atomic mass is 79.9. The van der Waals surface area contributed by atoms with E-state index in [2.05, 4.69) is 38.4 Å². The first-order valence-electron chi connectivity index (χ1n) is 8.69. The van der Waals surface area contributed by atoms with Crippen LogP contribution in [0.1, 0.15) is 12.5 Å². The summed E-state index contributed by atoms with van der Waals surface area (Å²) in [5.41, 5.74) is 3.41. The van der Waals surface area contributed by atoms with Gasteiger partial charge in [-0.1, -0.05) is 40.2 Å².